The lowest BCUT2D eigenvalue weighted by Gasteiger charge is -2.15. The summed E-state index contributed by atoms with van der Waals surface area (Å²) >= 11 is 0. The number of carboxylic acid groups (broad SMARTS) is 1. The van der Waals surface area contributed by atoms with Gasteiger partial charge in [0.25, 0.3) is 0 Å². The molecule has 0 aromatic heterocycles. The molecule has 0 aliphatic rings. The van der Waals surface area contributed by atoms with Crippen LogP contribution >= 0.6 is 0 Å². The first kappa shape index (κ1) is 12.4. The number of nitrogens with one attached hydrogen (secondary N) is 1. The van der Waals surface area contributed by atoms with Crippen molar-refractivity contribution in [3.05, 3.63) is 29.6 Å². The maximum absolute atomic E-state index is 12.9. The average Bonchev–Trinajstić information content (AvgIpc) is 2.20. The fourth-order valence-electron chi connectivity index (χ4n) is 1.35. The Morgan fingerprint density at radius 2 is 2.25 bits per heavy atom. The van der Waals surface area contributed by atoms with Crippen molar-refractivity contribution in [3.63, 3.8) is 0 Å². The van der Waals surface area contributed by atoms with Gasteiger partial charge in [-0.1, -0.05) is 0 Å². The SMILES string of the molecule is CC(CCO)Nc1ccc(F)cc1C(=O)O. The first-order valence-electron chi connectivity index (χ1n) is 4.95. The lowest BCUT2D eigenvalue weighted by atomic mass is 10.1. The van der Waals surface area contributed by atoms with E-state index in [0.717, 1.165) is 6.07 Å². The Morgan fingerprint density at radius 3 is 2.81 bits per heavy atom. The van der Waals surface area contributed by atoms with Gasteiger partial charge in [0.05, 0.1) is 5.56 Å². The fraction of sp³-hybridized carbons (Fsp3) is 0.364. The molecule has 1 rings (SSSR count). The van der Waals surface area contributed by atoms with Gasteiger partial charge < -0.3 is 15.5 Å². The Kier molecular flexibility index (Phi) is 4.25. The summed E-state index contributed by atoms with van der Waals surface area (Å²) < 4.78 is 12.9. The highest BCUT2D eigenvalue weighted by atomic mass is 19.1. The molecular formula is C11H14FNO3. The van der Waals surface area contributed by atoms with E-state index in [9.17, 15) is 9.18 Å². The van der Waals surface area contributed by atoms with E-state index in [-0.39, 0.29) is 18.2 Å². The van der Waals surface area contributed by atoms with Crippen LogP contribution in [0, 0.1) is 5.82 Å². The zero-order valence-corrected chi connectivity index (χ0v) is 8.90. The van der Waals surface area contributed by atoms with E-state index in [4.69, 9.17) is 10.2 Å². The number of carbonyl (C=O) groups is 1. The first-order chi connectivity index (χ1) is 7.54. The van der Waals surface area contributed by atoms with Crippen molar-refractivity contribution in [2.75, 3.05) is 11.9 Å². The van der Waals surface area contributed by atoms with Crippen LogP contribution in [0.3, 0.4) is 0 Å². The van der Waals surface area contributed by atoms with Gasteiger partial charge in [-0.2, -0.15) is 0 Å². The molecule has 1 aromatic carbocycles. The van der Waals surface area contributed by atoms with Crippen molar-refractivity contribution in [1.82, 2.24) is 0 Å². The molecule has 0 spiro atoms. The summed E-state index contributed by atoms with van der Waals surface area (Å²) in [7, 11) is 0. The maximum Gasteiger partial charge on any atom is 0.337 e. The molecule has 0 bridgehead atoms. The highest BCUT2D eigenvalue weighted by molar-refractivity contribution is 5.94. The monoisotopic (exact) mass is 227 g/mol. The quantitative estimate of drug-likeness (QED) is 0.716. The zero-order chi connectivity index (χ0) is 12.1. The summed E-state index contributed by atoms with van der Waals surface area (Å²) in [5.74, 6) is -1.77. The Bertz CT molecular complexity index is 381. The van der Waals surface area contributed by atoms with Crippen LogP contribution in [-0.4, -0.2) is 28.8 Å². The van der Waals surface area contributed by atoms with E-state index in [2.05, 4.69) is 5.32 Å². The third-order valence-electron chi connectivity index (χ3n) is 2.18. The molecule has 4 nitrogen and oxygen atoms in total. The molecule has 0 aliphatic carbocycles. The molecule has 5 heteroatoms. The lowest BCUT2D eigenvalue weighted by Crippen LogP contribution is -2.18. The second kappa shape index (κ2) is 5.46. The van der Waals surface area contributed by atoms with Gasteiger partial charge in [0.15, 0.2) is 0 Å². The van der Waals surface area contributed by atoms with Crippen LogP contribution in [0.15, 0.2) is 18.2 Å². The third kappa shape index (κ3) is 3.20. The van der Waals surface area contributed by atoms with E-state index < -0.39 is 11.8 Å². The number of benzene rings is 1. The second-order valence-electron chi connectivity index (χ2n) is 3.55. The van der Waals surface area contributed by atoms with Crippen molar-refractivity contribution in [1.29, 1.82) is 0 Å². The molecule has 0 aliphatic heterocycles. The molecule has 0 radical (unpaired) electrons. The van der Waals surface area contributed by atoms with E-state index in [1.165, 1.54) is 12.1 Å². The number of aliphatic hydroxyl groups excluding tert-OH is 1. The number of aliphatic hydroxyl groups is 1. The van der Waals surface area contributed by atoms with Crippen LogP contribution in [0.2, 0.25) is 0 Å². The molecule has 0 saturated heterocycles. The standard InChI is InChI=1S/C11H14FNO3/c1-7(4-5-14)13-10-3-2-8(12)6-9(10)11(15)16/h2-3,6-7,13-14H,4-5H2,1H3,(H,15,16). The fourth-order valence-corrected chi connectivity index (χ4v) is 1.35. The van der Waals surface area contributed by atoms with Crippen LogP contribution in [0.25, 0.3) is 0 Å². The second-order valence-corrected chi connectivity index (χ2v) is 3.55. The van der Waals surface area contributed by atoms with Gasteiger partial charge in [-0.05, 0) is 31.5 Å². The summed E-state index contributed by atoms with van der Waals surface area (Å²) in [5.41, 5.74) is 0.250. The molecule has 1 aromatic rings. The van der Waals surface area contributed by atoms with Crippen molar-refractivity contribution in [3.8, 4) is 0 Å². The van der Waals surface area contributed by atoms with Crippen LogP contribution in [0.5, 0.6) is 0 Å². The van der Waals surface area contributed by atoms with E-state index in [1.807, 2.05) is 6.92 Å². The molecule has 0 heterocycles. The Balaban J connectivity index is 2.90. The topological polar surface area (TPSA) is 69.6 Å². The largest absolute Gasteiger partial charge is 0.478 e. The van der Waals surface area contributed by atoms with Gasteiger partial charge >= 0.3 is 5.97 Å². The van der Waals surface area contributed by atoms with Gasteiger partial charge in [-0.25, -0.2) is 9.18 Å². The third-order valence-corrected chi connectivity index (χ3v) is 2.18. The van der Waals surface area contributed by atoms with Gasteiger partial charge in [-0.15, -0.1) is 0 Å². The van der Waals surface area contributed by atoms with Crippen LogP contribution in [-0.2, 0) is 0 Å². The Hall–Kier alpha value is -1.62. The van der Waals surface area contributed by atoms with Gasteiger partial charge in [-0.3, -0.25) is 0 Å². The Morgan fingerprint density at radius 1 is 1.56 bits per heavy atom. The number of rotatable bonds is 5. The van der Waals surface area contributed by atoms with Gasteiger partial charge in [0.2, 0.25) is 0 Å². The minimum Gasteiger partial charge on any atom is -0.478 e. The smallest absolute Gasteiger partial charge is 0.337 e. The summed E-state index contributed by atoms with van der Waals surface area (Å²) in [6.45, 7) is 1.82. The highest BCUT2D eigenvalue weighted by Crippen LogP contribution is 2.18. The first-order valence-corrected chi connectivity index (χ1v) is 4.95. The molecule has 1 unspecified atom stereocenters. The number of hydrogen-bond acceptors (Lipinski definition) is 3. The van der Waals surface area contributed by atoms with E-state index in [1.54, 1.807) is 0 Å². The number of halogens is 1. The molecular weight excluding hydrogens is 213 g/mol. The lowest BCUT2D eigenvalue weighted by molar-refractivity contribution is 0.0697. The number of aromatic carboxylic acids is 1. The molecule has 0 fully saturated rings. The average molecular weight is 227 g/mol. The van der Waals surface area contributed by atoms with Crippen molar-refractivity contribution in [2.45, 2.75) is 19.4 Å². The molecule has 0 amide bonds. The summed E-state index contributed by atoms with van der Waals surface area (Å²) in [5, 5.41) is 20.5. The maximum atomic E-state index is 12.9. The molecule has 0 saturated carbocycles. The summed E-state index contributed by atoms with van der Waals surface area (Å²) in [6.07, 6.45) is 0.496. The van der Waals surface area contributed by atoms with E-state index >= 15 is 0 Å². The van der Waals surface area contributed by atoms with Crippen LogP contribution in [0.1, 0.15) is 23.7 Å². The van der Waals surface area contributed by atoms with Gasteiger partial charge in [0.1, 0.15) is 5.82 Å². The highest BCUT2D eigenvalue weighted by Gasteiger charge is 2.12. The van der Waals surface area contributed by atoms with Crippen LogP contribution < -0.4 is 5.32 Å². The number of anilines is 1. The number of carboxylic acids is 1. The van der Waals surface area contributed by atoms with Gasteiger partial charge in [0, 0.05) is 18.3 Å². The molecule has 16 heavy (non-hydrogen) atoms. The van der Waals surface area contributed by atoms with E-state index in [0.29, 0.717) is 12.1 Å². The predicted octanol–water partition coefficient (Wildman–Crippen LogP) is 1.71. The Labute approximate surface area is 92.7 Å². The molecule has 3 N–H and O–H groups in total. The zero-order valence-electron chi connectivity index (χ0n) is 8.90. The molecule has 88 valence electrons. The predicted molar refractivity (Wildman–Crippen MR) is 58.1 cm³/mol. The van der Waals surface area contributed by atoms with Crippen molar-refractivity contribution in [2.24, 2.45) is 0 Å². The normalized spacial score (nSPS) is 12.2. The minimum absolute atomic E-state index is 0.0117. The molecule has 1 atom stereocenters. The van der Waals surface area contributed by atoms with Crippen molar-refractivity contribution < 1.29 is 19.4 Å². The summed E-state index contributed by atoms with van der Waals surface area (Å²) in [4.78, 5) is 10.9. The minimum atomic E-state index is -1.18. The summed E-state index contributed by atoms with van der Waals surface area (Å²) in [6, 6.07) is 3.47. The van der Waals surface area contributed by atoms with Crippen molar-refractivity contribution >= 4 is 11.7 Å². The van der Waals surface area contributed by atoms with Crippen LogP contribution in [0.4, 0.5) is 10.1 Å². The number of hydrogen-bond donors (Lipinski definition) is 3.